The van der Waals surface area contributed by atoms with Gasteiger partial charge in [-0.15, -0.1) is 0 Å². The number of benzene rings is 1. The minimum absolute atomic E-state index is 0.151. The van der Waals surface area contributed by atoms with Crippen molar-refractivity contribution >= 4 is 12.0 Å². The molecule has 0 saturated heterocycles. The van der Waals surface area contributed by atoms with Crippen LogP contribution in [0.1, 0.15) is 5.56 Å². The van der Waals surface area contributed by atoms with E-state index in [2.05, 4.69) is 4.99 Å². The first kappa shape index (κ1) is 10.2. The van der Waals surface area contributed by atoms with E-state index < -0.39 is 12.0 Å². The Hall–Kier alpha value is -1.93. The lowest BCUT2D eigenvalue weighted by Gasteiger charge is -2.10. The fourth-order valence-electron chi connectivity index (χ4n) is 1.08. The lowest BCUT2D eigenvalue weighted by atomic mass is 10.1. The van der Waals surface area contributed by atoms with Gasteiger partial charge >= 0.3 is 0 Å². The van der Waals surface area contributed by atoms with Gasteiger partial charge in [-0.2, -0.15) is 4.99 Å². The molecule has 4 nitrogen and oxygen atoms in total. The van der Waals surface area contributed by atoms with Crippen LogP contribution in [0, 0.1) is 0 Å². The highest BCUT2D eigenvalue weighted by molar-refractivity contribution is 5.73. The average Bonchev–Trinajstić information content (AvgIpc) is 2.18. The third-order valence-corrected chi connectivity index (χ3v) is 1.75. The van der Waals surface area contributed by atoms with Gasteiger partial charge in [-0.1, -0.05) is 30.3 Å². The highest BCUT2D eigenvalue weighted by atomic mass is 16.4. The first-order valence-electron chi connectivity index (χ1n) is 4.06. The number of carboxylic acids is 1. The van der Waals surface area contributed by atoms with E-state index in [1.165, 1.54) is 6.08 Å². The Balaban J connectivity index is 2.75. The molecule has 0 amide bonds. The number of hydrogen-bond acceptors (Lipinski definition) is 4. The van der Waals surface area contributed by atoms with Gasteiger partial charge in [0.25, 0.3) is 0 Å². The number of aliphatic imine (C=N–C) groups is 1. The molecular weight excluding hydrogens is 182 g/mol. The number of hydrogen-bond donors (Lipinski definition) is 0. The van der Waals surface area contributed by atoms with Crippen molar-refractivity contribution in [2.45, 2.75) is 12.5 Å². The van der Waals surface area contributed by atoms with Crippen molar-refractivity contribution in [2.24, 2.45) is 4.99 Å². The summed E-state index contributed by atoms with van der Waals surface area (Å²) in [7, 11) is 0. The second-order valence-electron chi connectivity index (χ2n) is 2.74. The van der Waals surface area contributed by atoms with Gasteiger partial charge in [-0.3, -0.25) is 0 Å². The van der Waals surface area contributed by atoms with Gasteiger partial charge in [0.05, 0.1) is 5.97 Å². The Morgan fingerprint density at radius 2 is 2.07 bits per heavy atom. The predicted molar refractivity (Wildman–Crippen MR) is 47.1 cm³/mol. The van der Waals surface area contributed by atoms with E-state index in [0.717, 1.165) is 5.56 Å². The molecule has 0 bridgehead atoms. The van der Waals surface area contributed by atoms with E-state index in [1.807, 2.05) is 6.07 Å². The molecule has 1 aromatic rings. The SMILES string of the molecule is O=C=N[C@H](Cc1ccccc1)C(=O)[O-]. The van der Waals surface area contributed by atoms with Gasteiger partial charge in [0, 0.05) is 6.42 Å². The summed E-state index contributed by atoms with van der Waals surface area (Å²) in [6.45, 7) is 0. The second-order valence-corrected chi connectivity index (χ2v) is 2.74. The quantitative estimate of drug-likeness (QED) is 0.482. The van der Waals surface area contributed by atoms with Crippen LogP contribution in [0.4, 0.5) is 0 Å². The molecule has 0 fully saturated rings. The van der Waals surface area contributed by atoms with Gasteiger partial charge in [-0.25, -0.2) is 4.79 Å². The third-order valence-electron chi connectivity index (χ3n) is 1.75. The standard InChI is InChI=1S/C10H9NO3/c12-7-11-9(10(13)14)6-8-4-2-1-3-5-8/h1-5,9H,6H2,(H,13,14)/p-1/t9-/m1/s1. The van der Waals surface area contributed by atoms with Crippen molar-refractivity contribution in [1.29, 1.82) is 0 Å². The molecule has 0 radical (unpaired) electrons. The monoisotopic (exact) mass is 190 g/mol. The van der Waals surface area contributed by atoms with Crippen LogP contribution in [0.15, 0.2) is 35.3 Å². The summed E-state index contributed by atoms with van der Waals surface area (Å²) < 4.78 is 0. The summed E-state index contributed by atoms with van der Waals surface area (Å²) >= 11 is 0. The van der Waals surface area contributed by atoms with Crippen LogP contribution in [-0.2, 0) is 16.0 Å². The topological polar surface area (TPSA) is 69.6 Å². The van der Waals surface area contributed by atoms with Crippen molar-refractivity contribution in [3.8, 4) is 0 Å². The fraction of sp³-hybridized carbons (Fsp3) is 0.200. The van der Waals surface area contributed by atoms with Gasteiger partial charge in [0.1, 0.15) is 6.04 Å². The Kier molecular flexibility index (Phi) is 3.58. The van der Waals surface area contributed by atoms with Gasteiger partial charge < -0.3 is 9.90 Å². The maximum atomic E-state index is 10.5. The Labute approximate surface area is 80.9 Å². The Morgan fingerprint density at radius 3 is 2.57 bits per heavy atom. The Morgan fingerprint density at radius 1 is 1.43 bits per heavy atom. The van der Waals surface area contributed by atoms with Gasteiger partial charge in [0.15, 0.2) is 0 Å². The van der Waals surface area contributed by atoms with E-state index in [-0.39, 0.29) is 6.42 Å². The largest absolute Gasteiger partial charge is 0.548 e. The summed E-state index contributed by atoms with van der Waals surface area (Å²) in [5, 5.41) is 10.5. The molecule has 1 aromatic carbocycles. The molecule has 0 N–H and O–H groups in total. The fourth-order valence-corrected chi connectivity index (χ4v) is 1.08. The van der Waals surface area contributed by atoms with Gasteiger partial charge in [0.2, 0.25) is 6.08 Å². The first-order chi connectivity index (χ1) is 6.74. The van der Waals surface area contributed by atoms with Crippen LogP contribution in [0.5, 0.6) is 0 Å². The van der Waals surface area contributed by atoms with E-state index in [0.29, 0.717) is 0 Å². The molecule has 72 valence electrons. The van der Waals surface area contributed by atoms with Crippen molar-refractivity contribution in [1.82, 2.24) is 0 Å². The van der Waals surface area contributed by atoms with E-state index >= 15 is 0 Å². The second kappa shape index (κ2) is 4.94. The molecule has 0 aliphatic heterocycles. The molecule has 0 heterocycles. The van der Waals surface area contributed by atoms with Crippen LogP contribution < -0.4 is 5.11 Å². The average molecular weight is 190 g/mol. The van der Waals surface area contributed by atoms with E-state index in [4.69, 9.17) is 0 Å². The first-order valence-corrected chi connectivity index (χ1v) is 4.06. The smallest absolute Gasteiger partial charge is 0.235 e. The number of aliphatic carboxylic acids is 1. The maximum Gasteiger partial charge on any atom is 0.235 e. The summed E-state index contributed by atoms with van der Waals surface area (Å²) in [4.78, 5) is 23.6. The van der Waals surface area contributed by atoms with Crippen molar-refractivity contribution < 1.29 is 14.7 Å². The molecule has 0 unspecified atom stereocenters. The van der Waals surface area contributed by atoms with Crippen LogP contribution in [-0.4, -0.2) is 18.1 Å². The molecule has 14 heavy (non-hydrogen) atoms. The van der Waals surface area contributed by atoms with Crippen molar-refractivity contribution in [3.63, 3.8) is 0 Å². The zero-order chi connectivity index (χ0) is 10.4. The molecule has 4 heteroatoms. The number of rotatable bonds is 4. The molecule has 0 saturated carbocycles. The summed E-state index contributed by atoms with van der Waals surface area (Å²) in [6.07, 6.45) is 1.37. The minimum atomic E-state index is -1.36. The third kappa shape index (κ3) is 2.84. The van der Waals surface area contributed by atoms with Crippen molar-refractivity contribution in [3.05, 3.63) is 35.9 Å². The number of nitrogens with zero attached hydrogens (tertiary/aromatic N) is 1. The molecule has 1 atom stereocenters. The van der Waals surface area contributed by atoms with E-state index in [1.54, 1.807) is 24.3 Å². The number of carbonyl (C=O) groups excluding carboxylic acids is 2. The Bertz CT molecular complexity index is 353. The molecule has 0 spiro atoms. The zero-order valence-electron chi connectivity index (χ0n) is 7.34. The highest BCUT2D eigenvalue weighted by Crippen LogP contribution is 2.04. The molecule has 0 aliphatic carbocycles. The summed E-state index contributed by atoms with van der Waals surface area (Å²) in [6, 6.07) is 7.76. The number of carbonyl (C=O) groups is 1. The lowest BCUT2D eigenvalue weighted by molar-refractivity contribution is -0.307. The van der Waals surface area contributed by atoms with E-state index in [9.17, 15) is 14.7 Å². The number of isocyanates is 1. The lowest BCUT2D eigenvalue weighted by Crippen LogP contribution is -2.35. The van der Waals surface area contributed by atoms with Crippen LogP contribution in [0.3, 0.4) is 0 Å². The summed E-state index contributed by atoms with van der Waals surface area (Å²) in [5.74, 6) is -1.36. The maximum absolute atomic E-state index is 10.5. The van der Waals surface area contributed by atoms with Crippen LogP contribution in [0.2, 0.25) is 0 Å². The molecular formula is C10H8NO3-. The zero-order valence-corrected chi connectivity index (χ0v) is 7.34. The minimum Gasteiger partial charge on any atom is -0.548 e. The van der Waals surface area contributed by atoms with Crippen molar-refractivity contribution in [2.75, 3.05) is 0 Å². The predicted octanol–water partition coefficient (Wildman–Crippen LogP) is -0.317. The summed E-state index contributed by atoms with van der Waals surface area (Å²) in [5.41, 5.74) is 0.792. The van der Waals surface area contributed by atoms with Crippen LogP contribution >= 0.6 is 0 Å². The number of carboxylic acid groups (broad SMARTS) is 1. The molecule has 0 aliphatic rings. The van der Waals surface area contributed by atoms with Crippen LogP contribution in [0.25, 0.3) is 0 Å². The highest BCUT2D eigenvalue weighted by Gasteiger charge is 2.08. The van der Waals surface area contributed by atoms with Gasteiger partial charge in [-0.05, 0) is 5.56 Å². The normalized spacial score (nSPS) is 11.4. The molecule has 0 aromatic heterocycles. The molecule has 1 rings (SSSR count).